The van der Waals surface area contributed by atoms with Crippen LogP contribution in [0.5, 0.6) is 11.5 Å². The molecule has 0 bridgehead atoms. The molecule has 7 nitrogen and oxygen atoms in total. The Morgan fingerprint density at radius 1 is 0.407 bits per heavy atom. The molecule has 0 radical (unpaired) electrons. The van der Waals surface area contributed by atoms with E-state index in [2.05, 4.69) is 311 Å². The summed E-state index contributed by atoms with van der Waals surface area (Å²) >= 11 is 4.67. The van der Waals surface area contributed by atoms with Gasteiger partial charge in [0.05, 0.1) is 45.2 Å². The fraction of sp³-hybridized carbons (Fsp3) is 0.0361. The van der Waals surface area contributed by atoms with Crippen LogP contribution in [0.4, 0.5) is 45.5 Å². The fourth-order valence-corrected chi connectivity index (χ4v) is 14.4. The smallest absolute Gasteiger partial charge is 0.151 e. The molecule has 0 saturated carbocycles. The van der Waals surface area contributed by atoms with Crippen molar-refractivity contribution in [3.8, 4) is 39.4 Å². The molecule has 0 amide bonds. The molecule has 1 aromatic heterocycles. The van der Waals surface area contributed by atoms with Crippen LogP contribution >= 0.6 is 12.8 Å². The molecule has 91 heavy (non-hydrogen) atoms. The summed E-state index contributed by atoms with van der Waals surface area (Å²) in [5.74, 6) is 1.55. The Labute approximate surface area is 533 Å². The van der Waals surface area contributed by atoms with E-state index in [0.717, 1.165) is 101 Å². The molecule has 0 fully saturated rings. The Kier molecular flexibility index (Phi) is 12.6. The summed E-state index contributed by atoms with van der Waals surface area (Å²) in [6.07, 6.45) is 4.13. The van der Waals surface area contributed by atoms with E-state index in [9.17, 15) is 5.41 Å². The van der Waals surface area contributed by atoms with Gasteiger partial charge in [-0.05, 0) is 195 Å². The molecule has 13 aromatic carbocycles. The van der Waals surface area contributed by atoms with Gasteiger partial charge in [-0.3, -0.25) is 5.41 Å². The van der Waals surface area contributed by atoms with E-state index >= 15 is 0 Å². The average Bonchev–Trinajstić information content (AvgIpc) is 1.62. The molecule has 2 aliphatic heterocycles. The summed E-state index contributed by atoms with van der Waals surface area (Å²) in [6, 6.07) is 104. The number of allylic oxidation sites excluding steroid dienone is 4. The first kappa shape index (κ1) is 53.8. The lowest BCUT2D eigenvalue weighted by Crippen LogP contribution is -2.30. The Balaban J connectivity index is 0.758. The number of fused-ring (bicyclic) bond motifs is 10. The van der Waals surface area contributed by atoms with Crippen LogP contribution < -0.4 is 19.4 Å². The number of para-hydroxylation sites is 6. The van der Waals surface area contributed by atoms with Crippen LogP contribution in [0.2, 0.25) is 0 Å². The minimum absolute atomic E-state index is 0.130. The maximum Gasteiger partial charge on any atom is 0.151 e. The van der Waals surface area contributed by atoms with E-state index in [1.165, 1.54) is 54.8 Å². The molecule has 0 spiro atoms. The van der Waals surface area contributed by atoms with Gasteiger partial charge in [-0.15, -0.1) is 0 Å². The number of thiol groups is 1. The quantitative estimate of drug-likeness (QED) is 0.0859. The van der Waals surface area contributed by atoms with E-state index in [1.54, 1.807) is 0 Å². The molecule has 432 valence electrons. The standard InChI is InChI=1S/C83H58N6OS/c1-83(2)70-23-8-10-25-73(70)87(74-26-11-9-24-71(74)83)62-41-33-55(34-42-62)59-38-47-72-69(51-59)67-45-37-60-49-57-19-6-7-20-58(57)50-68(60)82(67)89(72)63-43-35-56(36-44-63)66-46-48-77(81(85-91)80(66)84)86(61-39-31-54(32-40-61)53-17-4-3-5-18-53)64-21-16-22-65(52-64)88-75-27-12-14-29-78(75)90-79-30-15-13-28-76(79)88/h3-52,84,91H,1-2H3. The zero-order chi connectivity index (χ0) is 60.9. The van der Waals surface area contributed by atoms with Crippen molar-refractivity contribution in [1.29, 1.82) is 5.41 Å². The SMILES string of the molecule is CC1(C)c2ccccc2N(c2ccc(-c3ccc4c(c3)c3ccc5cc6ccccc6cc5c3n4-c3ccc(C4=CC=C(N(c5ccc(-c6ccccc6)cc5)c5cccc(N6c7ccccc7Oc7ccccc76)c5)C(=NS)C4=N)cc3)cc2)c2ccccc21. The van der Waals surface area contributed by atoms with Crippen molar-refractivity contribution in [3.05, 3.63) is 326 Å². The minimum atomic E-state index is -0.130. The monoisotopic (exact) mass is 1190 g/mol. The maximum atomic E-state index is 10.0. The molecular weight excluding hydrogens is 1130 g/mol. The largest absolute Gasteiger partial charge is 0.453 e. The molecule has 8 heteroatoms. The number of benzene rings is 13. The van der Waals surface area contributed by atoms with Gasteiger partial charge in [0.1, 0.15) is 5.71 Å². The van der Waals surface area contributed by atoms with Crippen LogP contribution in [0.1, 0.15) is 30.5 Å². The summed E-state index contributed by atoms with van der Waals surface area (Å²) < 4.78 is 13.5. The third-order valence-electron chi connectivity index (χ3n) is 18.6. The number of hydrogen-bond donors (Lipinski definition) is 2. The predicted molar refractivity (Wildman–Crippen MR) is 383 cm³/mol. The maximum absolute atomic E-state index is 10.0. The predicted octanol–water partition coefficient (Wildman–Crippen LogP) is 22.5. The number of nitrogens with zero attached hydrogens (tertiary/aromatic N) is 5. The lowest BCUT2D eigenvalue weighted by molar-refractivity contribution is 0.477. The van der Waals surface area contributed by atoms with Gasteiger partial charge in [-0.25, -0.2) is 4.40 Å². The van der Waals surface area contributed by atoms with Crippen molar-refractivity contribution in [2.24, 2.45) is 4.40 Å². The second-order valence-electron chi connectivity index (χ2n) is 24.1. The number of ether oxygens (including phenoxy) is 1. The highest BCUT2D eigenvalue weighted by molar-refractivity contribution is 7.79. The molecule has 0 unspecified atom stereocenters. The van der Waals surface area contributed by atoms with Crippen molar-refractivity contribution in [3.63, 3.8) is 0 Å². The highest BCUT2D eigenvalue weighted by Gasteiger charge is 2.37. The summed E-state index contributed by atoms with van der Waals surface area (Å²) in [5.41, 5.74) is 21.5. The Morgan fingerprint density at radius 2 is 0.967 bits per heavy atom. The van der Waals surface area contributed by atoms with Gasteiger partial charge >= 0.3 is 0 Å². The summed E-state index contributed by atoms with van der Waals surface area (Å²) in [4.78, 5) is 6.84. The van der Waals surface area contributed by atoms with Crippen LogP contribution in [0.15, 0.2) is 313 Å². The summed E-state index contributed by atoms with van der Waals surface area (Å²) in [6.45, 7) is 4.66. The van der Waals surface area contributed by atoms with Gasteiger partial charge in [0.15, 0.2) is 11.5 Å². The second-order valence-corrected chi connectivity index (χ2v) is 24.3. The zero-order valence-corrected chi connectivity index (χ0v) is 50.9. The van der Waals surface area contributed by atoms with E-state index in [4.69, 9.17) is 4.74 Å². The number of anilines is 8. The van der Waals surface area contributed by atoms with Crippen molar-refractivity contribution in [2.45, 2.75) is 19.3 Å². The van der Waals surface area contributed by atoms with Gasteiger partial charge in [0.25, 0.3) is 0 Å². The zero-order valence-electron chi connectivity index (χ0n) is 50.0. The Bertz CT molecular complexity index is 5300. The summed E-state index contributed by atoms with van der Waals surface area (Å²) in [5, 5.41) is 17.2. The van der Waals surface area contributed by atoms with Gasteiger partial charge in [-0.1, -0.05) is 190 Å². The molecule has 1 N–H and O–H groups in total. The summed E-state index contributed by atoms with van der Waals surface area (Å²) in [7, 11) is 0. The van der Waals surface area contributed by atoms with Crippen LogP contribution in [0, 0.1) is 5.41 Å². The van der Waals surface area contributed by atoms with E-state index in [-0.39, 0.29) is 11.1 Å². The van der Waals surface area contributed by atoms with Crippen LogP contribution in [0.3, 0.4) is 0 Å². The first-order valence-electron chi connectivity index (χ1n) is 30.8. The highest BCUT2D eigenvalue weighted by Crippen LogP contribution is 2.54. The van der Waals surface area contributed by atoms with Crippen molar-refractivity contribution >= 4 is 119 Å². The van der Waals surface area contributed by atoms with Crippen LogP contribution in [-0.4, -0.2) is 16.0 Å². The van der Waals surface area contributed by atoms with Gasteiger partial charge in [0.2, 0.25) is 0 Å². The van der Waals surface area contributed by atoms with Crippen molar-refractivity contribution in [2.75, 3.05) is 14.7 Å². The van der Waals surface area contributed by atoms with Gasteiger partial charge < -0.3 is 24.0 Å². The molecule has 17 rings (SSSR count). The number of hydrogen-bond acceptors (Lipinski definition) is 7. The minimum Gasteiger partial charge on any atom is -0.453 e. The highest BCUT2D eigenvalue weighted by atomic mass is 32.1. The third kappa shape index (κ3) is 8.81. The number of nitrogens with one attached hydrogen (secondary N) is 1. The first-order chi connectivity index (χ1) is 44.7. The lowest BCUT2D eigenvalue weighted by atomic mass is 9.73. The topological polar surface area (TPSA) is 60.1 Å². The molecule has 0 saturated heterocycles. The van der Waals surface area contributed by atoms with Crippen molar-refractivity contribution < 1.29 is 4.74 Å². The van der Waals surface area contributed by atoms with E-state index in [0.29, 0.717) is 5.71 Å². The van der Waals surface area contributed by atoms with E-state index in [1.807, 2.05) is 42.5 Å². The van der Waals surface area contributed by atoms with E-state index < -0.39 is 0 Å². The third-order valence-corrected chi connectivity index (χ3v) is 18.8. The Morgan fingerprint density at radius 3 is 1.66 bits per heavy atom. The van der Waals surface area contributed by atoms with Crippen LogP contribution in [-0.2, 0) is 5.41 Å². The number of aromatic nitrogens is 1. The molecule has 3 aliphatic rings. The molecule has 1 aliphatic carbocycles. The van der Waals surface area contributed by atoms with Crippen LogP contribution in [0.25, 0.3) is 76.9 Å². The lowest BCUT2D eigenvalue weighted by Gasteiger charge is -2.42. The first-order valence-corrected chi connectivity index (χ1v) is 31.2. The normalized spacial score (nSPS) is 14.4. The van der Waals surface area contributed by atoms with Gasteiger partial charge in [-0.2, -0.15) is 0 Å². The fourth-order valence-electron chi connectivity index (χ4n) is 14.2. The second kappa shape index (κ2) is 21.4. The molecule has 0 atom stereocenters. The van der Waals surface area contributed by atoms with Gasteiger partial charge in [0, 0.05) is 55.6 Å². The van der Waals surface area contributed by atoms with Crippen molar-refractivity contribution in [1.82, 2.24) is 4.57 Å². The molecular formula is C83H58N6OS. The molecule has 3 heterocycles. The molecule has 14 aromatic rings. The average molecular weight is 1190 g/mol. The Hall–Kier alpha value is -11.5. The number of rotatable bonds is 9.